The summed E-state index contributed by atoms with van der Waals surface area (Å²) in [5.41, 5.74) is 0.220. The maximum atomic E-state index is 13.1. The van der Waals surface area contributed by atoms with Crippen LogP contribution in [0.5, 0.6) is 0 Å². The summed E-state index contributed by atoms with van der Waals surface area (Å²) in [6.07, 6.45) is -0.285. The maximum absolute atomic E-state index is 13.1. The van der Waals surface area contributed by atoms with Gasteiger partial charge in [0.25, 0.3) is 0 Å². The quantitative estimate of drug-likeness (QED) is 0.471. The van der Waals surface area contributed by atoms with E-state index in [0.717, 1.165) is 27.9 Å². The zero-order chi connectivity index (χ0) is 21.1. The number of thioether (sulfide) groups is 1. The zero-order valence-corrected chi connectivity index (χ0v) is 16.1. The lowest BCUT2D eigenvalue weighted by Crippen LogP contribution is -2.17. The molecule has 2 aromatic heterocycles. The lowest BCUT2D eigenvalue weighted by atomic mass is 10.1. The van der Waals surface area contributed by atoms with Gasteiger partial charge < -0.3 is 5.32 Å². The molecule has 0 fully saturated rings. The van der Waals surface area contributed by atoms with Crippen molar-refractivity contribution >= 4 is 34.3 Å². The SMILES string of the molecule is O=C(CSc1ccnc2ccccc12)Nc1cc(C(F)(F)F)ccc1-n1cncn1. The average molecular weight is 429 g/mol. The Hall–Kier alpha value is -3.40. The van der Waals surface area contributed by atoms with Crippen LogP contribution in [0.4, 0.5) is 18.9 Å². The van der Waals surface area contributed by atoms with Crippen LogP contribution in [0.1, 0.15) is 5.56 Å². The van der Waals surface area contributed by atoms with Crippen molar-refractivity contribution in [3.05, 3.63) is 72.9 Å². The summed E-state index contributed by atoms with van der Waals surface area (Å²) < 4.78 is 40.7. The van der Waals surface area contributed by atoms with E-state index >= 15 is 0 Å². The molecule has 0 bridgehead atoms. The number of para-hydroxylation sites is 1. The molecule has 1 N–H and O–H groups in total. The number of fused-ring (bicyclic) bond motifs is 1. The third-order valence-electron chi connectivity index (χ3n) is 4.23. The van der Waals surface area contributed by atoms with Crippen molar-refractivity contribution in [2.75, 3.05) is 11.1 Å². The third kappa shape index (κ3) is 4.28. The number of pyridine rings is 1. The van der Waals surface area contributed by atoms with Gasteiger partial charge in [0.2, 0.25) is 5.91 Å². The van der Waals surface area contributed by atoms with Crippen LogP contribution in [0.3, 0.4) is 0 Å². The topological polar surface area (TPSA) is 72.7 Å². The van der Waals surface area contributed by atoms with E-state index < -0.39 is 17.6 Å². The number of nitrogens with zero attached hydrogens (tertiary/aromatic N) is 4. The number of carbonyl (C=O) groups excluding carboxylic acids is 1. The lowest BCUT2D eigenvalue weighted by Gasteiger charge is -2.14. The highest BCUT2D eigenvalue weighted by Gasteiger charge is 2.31. The minimum atomic E-state index is -4.54. The first-order valence-electron chi connectivity index (χ1n) is 8.74. The van der Waals surface area contributed by atoms with Gasteiger partial charge in [-0.25, -0.2) is 9.67 Å². The first-order valence-corrected chi connectivity index (χ1v) is 9.73. The van der Waals surface area contributed by atoms with Crippen LogP contribution in [-0.4, -0.2) is 31.4 Å². The van der Waals surface area contributed by atoms with E-state index in [1.807, 2.05) is 24.3 Å². The number of hydrogen-bond acceptors (Lipinski definition) is 5. The van der Waals surface area contributed by atoms with Gasteiger partial charge in [-0.1, -0.05) is 18.2 Å². The number of aromatic nitrogens is 4. The van der Waals surface area contributed by atoms with Crippen molar-refractivity contribution in [2.24, 2.45) is 0 Å². The Morgan fingerprint density at radius 1 is 1.13 bits per heavy atom. The fourth-order valence-corrected chi connectivity index (χ4v) is 3.71. The monoisotopic (exact) mass is 429 g/mol. The molecule has 6 nitrogen and oxygen atoms in total. The fourth-order valence-electron chi connectivity index (χ4n) is 2.87. The molecule has 0 atom stereocenters. The predicted molar refractivity (Wildman–Crippen MR) is 107 cm³/mol. The first-order chi connectivity index (χ1) is 14.4. The summed E-state index contributed by atoms with van der Waals surface area (Å²) in [5.74, 6) is -0.428. The van der Waals surface area contributed by atoms with Gasteiger partial charge in [0, 0.05) is 16.5 Å². The predicted octanol–water partition coefficient (Wildman–Crippen LogP) is 4.57. The molecule has 4 rings (SSSR count). The van der Waals surface area contributed by atoms with Crippen LogP contribution < -0.4 is 5.32 Å². The molecule has 0 radical (unpaired) electrons. The zero-order valence-electron chi connectivity index (χ0n) is 15.3. The van der Waals surface area contributed by atoms with E-state index in [0.29, 0.717) is 0 Å². The minimum absolute atomic E-state index is 0.000474. The third-order valence-corrected chi connectivity index (χ3v) is 5.30. The smallest absolute Gasteiger partial charge is 0.323 e. The van der Waals surface area contributed by atoms with Gasteiger partial charge in [0.15, 0.2) is 0 Å². The Morgan fingerprint density at radius 2 is 1.97 bits per heavy atom. The van der Waals surface area contributed by atoms with Crippen molar-refractivity contribution in [3.63, 3.8) is 0 Å². The second-order valence-electron chi connectivity index (χ2n) is 6.23. The molecule has 0 saturated heterocycles. The molecule has 0 aliphatic rings. The van der Waals surface area contributed by atoms with Crippen molar-refractivity contribution in [3.8, 4) is 5.69 Å². The molecule has 152 valence electrons. The summed E-state index contributed by atoms with van der Waals surface area (Å²) in [5, 5.41) is 7.40. The van der Waals surface area contributed by atoms with E-state index in [4.69, 9.17) is 0 Å². The van der Waals surface area contributed by atoms with Gasteiger partial charge in [-0.05, 0) is 30.3 Å². The number of hydrogen-bond donors (Lipinski definition) is 1. The fraction of sp³-hybridized carbons (Fsp3) is 0.100. The van der Waals surface area contributed by atoms with Crippen LogP contribution in [0.15, 0.2) is 72.3 Å². The maximum Gasteiger partial charge on any atom is 0.416 e. The lowest BCUT2D eigenvalue weighted by molar-refractivity contribution is -0.137. The molecule has 0 unspecified atom stereocenters. The van der Waals surface area contributed by atoms with Crippen LogP contribution in [0.25, 0.3) is 16.6 Å². The molecular formula is C20H14F3N5OS. The minimum Gasteiger partial charge on any atom is -0.323 e. The Balaban J connectivity index is 1.56. The van der Waals surface area contributed by atoms with E-state index in [9.17, 15) is 18.0 Å². The number of benzene rings is 2. The van der Waals surface area contributed by atoms with E-state index in [-0.39, 0.29) is 17.1 Å². The number of carbonyl (C=O) groups is 1. The van der Waals surface area contributed by atoms with E-state index in [1.165, 1.54) is 35.2 Å². The molecule has 4 aromatic rings. The van der Waals surface area contributed by atoms with Gasteiger partial charge in [0.1, 0.15) is 12.7 Å². The Bertz CT molecular complexity index is 1190. The van der Waals surface area contributed by atoms with E-state index in [2.05, 4.69) is 20.4 Å². The molecule has 10 heteroatoms. The Kier molecular flexibility index (Phi) is 5.40. The molecule has 0 aliphatic heterocycles. The van der Waals surface area contributed by atoms with E-state index in [1.54, 1.807) is 12.3 Å². The van der Waals surface area contributed by atoms with Crippen molar-refractivity contribution in [1.29, 1.82) is 0 Å². The molecule has 1 amide bonds. The highest BCUT2D eigenvalue weighted by molar-refractivity contribution is 8.00. The summed E-state index contributed by atoms with van der Waals surface area (Å²) in [7, 11) is 0. The van der Waals surface area contributed by atoms with Crippen LogP contribution in [0, 0.1) is 0 Å². The van der Waals surface area contributed by atoms with Crippen molar-refractivity contribution in [2.45, 2.75) is 11.1 Å². The van der Waals surface area contributed by atoms with Crippen LogP contribution >= 0.6 is 11.8 Å². The number of rotatable bonds is 5. The highest BCUT2D eigenvalue weighted by atomic mass is 32.2. The second-order valence-corrected chi connectivity index (χ2v) is 7.25. The van der Waals surface area contributed by atoms with Crippen molar-refractivity contribution < 1.29 is 18.0 Å². The van der Waals surface area contributed by atoms with Crippen LogP contribution in [0.2, 0.25) is 0 Å². The summed E-state index contributed by atoms with van der Waals surface area (Å²) in [6.45, 7) is 0. The molecule has 30 heavy (non-hydrogen) atoms. The molecular weight excluding hydrogens is 415 g/mol. The molecule has 0 spiro atoms. The molecule has 2 heterocycles. The van der Waals surface area contributed by atoms with Crippen LogP contribution in [-0.2, 0) is 11.0 Å². The van der Waals surface area contributed by atoms with Gasteiger partial charge in [0.05, 0.1) is 28.2 Å². The second kappa shape index (κ2) is 8.15. The number of alkyl halides is 3. The number of amides is 1. The normalized spacial score (nSPS) is 11.6. The van der Waals surface area contributed by atoms with Gasteiger partial charge in [-0.3, -0.25) is 9.78 Å². The standard InChI is InChI=1S/C20H14F3N5OS/c21-20(22,23)13-5-6-17(28-12-24-11-26-28)16(9-13)27-19(29)10-30-18-7-8-25-15-4-2-1-3-14(15)18/h1-9,11-12H,10H2,(H,27,29). The number of nitrogens with one attached hydrogen (secondary N) is 1. The molecule has 0 saturated carbocycles. The Labute approximate surface area is 173 Å². The summed E-state index contributed by atoms with van der Waals surface area (Å²) in [4.78, 5) is 21.5. The average Bonchev–Trinajstić information content (AvgIpc) is 3.26. The molecule has 0 aliphatic carbocycles. The largest absolute Gasteiger partial charge is 0.416 e. The first kappa shape index (κ1) is 19.9. The van der Waals surface area contributed by atoms with Crippen molar-refractivity contribution in [1.82, 2.24) is 19.7 Å². The molecule has 2 aromatic carbocycles. The number of anilines is 1. The van der Waals surface area contributed by atoms with Gasteiger partial charge >= 0.3 is 6.18 Å². The summed E-state index contributed by atoms with van der Waals surface area (Å²) >= 11 is 1.28. The van der Waals surface area contributed by atoms with Gasteiger partial charge in [-0.2, -0.15) is 18.3 Å². The number of halogens is 3. The highest BCUT2D eigenvalue weighted by Crippen LogP contribution is 2.33. The van der Waals surface area contributed by atoms with Gasteiger partial charge in [-0.15, -0.1) is 11.8 Å². The Morgan fingerprint density at radius 3 is 2.73 bits per heavy atom. The summed E-state index contributed by atoms with van der Waals surface area (Å²) in [6, 6.07) is 12.4.